The highest BCUT2D eigenvalue weighted by atomic mass is 35.5. The topological polar surface area (TPSA) is 49.9 Å². The van der Waals surface area contributed by atoms with E-state index in [0.29, 0.717) is 10.0 Å². The molecule has 0 aliphatic carbocycles. The molecule has 0 bridgehead atoms. The molecule has 10 heteroatoms. The number of halogens is 2. The van der Waals surface area contributed by atoms with E-state index in [1.54, 1.807) is 6.07 Å². The van der Waals surface area contributed by atoms with Crippen molar-refractivity contribution in [1.29, 1.82) is 0 Å². The van der Waals surface area contributed by atoms with Crippen LogP contribution in [-0.2, 0) is 27.8 Å². The average Bonchev–Trinajstić information content (AvgIpc) is 3.37. The molecule has 4 rings (SSSR count). The number of benzene rings is 1. The van der Waals surface area contributed by atoms with Gasteiger partial charge in [-0.05, 0) is 53.4 Å². The monoisotopic (exact) mass is 486 g/mol. The Morgan fingerprint density at radius 1 is 1.13 bits per heavy atom. The van der Waals surface area contributed by atoms with Gasteiger partial charge in [-0.15, -0.1) is 22.7 Å². The molecule has 3 aromatic rings. The molecule has 1 aliphatic heterocycles. The van der Waals surface area contributed by atoms with E-state index in [1.165, 1.54) is 46.0 Å². The molecule has 0 spiro atoms. The normalized spacial score (nSPS) is 15.4. The third-order valence-corrected chi connectivity index (χ3v) is 9.17. The molecule has 1 fully saturated rings. The van der Waals surface area contributed by atoms with E-state index < -0.39 is 15.8 Å². The van der Waals surface area contributed by atoms with E-state index in [-0.39, 0.29) is 10.8 Å². The van der Waals surface area contributed by atoms with Gasteiger partial charge in [-0.25, -0.2) is 12.8 Å². The second-order valence-electron chi connectivity index (χ2n) is 6.86. The molecule has 1 aliphatic rings. The predicted octanol–water partition coefficient (Wildman–Crippen LogP) is 4.83. The van der Waals surface area contributed by atoms with Gasteiger partial charge in [0.1, 0.15) is 10.0 Å². The highest BCUT2D eigenvalue weighted by Crippen LogP contribution is 2.33. The lowest BCUT2D eigenvalue weighted by Gasteiger charge is -2.26. The van der Waals surface area contributed by atoms with E-state index >= 15 is 0 Å². The molecule has 0 amide bonds. The van der Waals surface area contributed by atoms with Crippen LogP contribution in [0.3, 0.4) is 0 Å². The van der Waals surface area contributed by atoms with Crippen molar-refractivity contribution in [2.24, 2.45) is 0 Å². The first-order chi connectivity index (χ1) is 14.4. The highest BCUT2D eigenvalue weighted by molar-refractivity contribution is 7.94. The van der Waals surface area contributed by atoms with Crippen LogP contribution in [0.4, 0.5) is 10.1 Å². The Kier molecular flexibility index (Phi) is 6.76. The van der Waals surface area contributed by atoms with Crippen LogP contribution in [0.1, 0.15) is 10.4 Å². The first-order valence-electron chi connectivity index (χ1n) is 9.32. The van der Waals surface area contributed by atoms with Crippen molar-refractivity contribution >= 4 is 50.0 Å². The van der Waals surface area contributed by atoms with Crippen molar-refractivity contribution in [3.8, 4) is 0 Å². The molecule has 0 saturated carbocycles. The maximum Gasteiger partial charge on any atom is 0.274 e. The summed E-state index contributed by atoms with van der Waals surface area (Å²) in [6, 6.07) is 10.6. The van der Waals surface area contributed by atoms with Gasteiger partial charge in [-0.2, -0.15) is 0 Å². The van der Waals surface area contributed by atoms with Gasteiger partial charge in [0, 0.05) is 24.5 Å². The average molecular weight is 487 g/mol. The van der Waals surface area contributed by atoms with Crippen molar-refractivity contribution in [1.82, 2.24) is 4.90 Å². The Balaban J connectivity index is 1.59. The van der Waals surface area contributed by atoms with E-state index in [1.807, 2.05) is 6.07 Å². The van der Waals surface area contributed by atoms with E-state index in [4.69, 9.17) is 16.3 Å². The first kappa shape index (κ1) is 21.7. The zero-order valence-corrected chi connectivity index (χ0v) is 19.2. The molecular formula is C20H20ClFN2O3S3. The first-order valence-corrected chi connectivity index (χ1v) is 12.8. The molecule has 0 N–H and O–H groups in total. The van der Waals surface area contributed by atoms with Gasteiger partial charge in [-0.3, -0.25) is 9.21 Å². The second kappa shape index (κ2) is 9.33. The Morgan fingerprint density at radius 2 is 1.87 bits per heavy atom. The molecule has 30 heavy (non-hydrogen) atoms. The summed E-state index contributed by atoms with van der Waals surface area (Å²) in [4.78, 5) is 3.23. The predicted molar refractivity (Wildman–Crippen MR) is 120 cm³/mol. The minimum Gasteiger partial charge on any atom is -0.379 e. The number of morpholine rings is 1. The van der Waals surface area contributed by atoms with Crippen LogP contribution in [0, 0.1) is 5.82 Å². The van der Waals surface area contributed by atoms with E-state index in [0.717, 1.165) is 54.6 Å². The maximum absolute atomic E-state index is 13.4. The van der Waals surface area contributed by atoms with Gasteiger partial charge in [0.15, 0.2) is 0 Å². The Bertz CT molecular complexity index is 1090. The quantitative estimate of drug-likeness (QED) is 0.480. The van der Waals surface area contributed by atoms with Gasteiger partial charge >= 0.3 is 0 Å². The van der Waals surface area contributed by atoms with Gasteiger partial charge in [0.05, 0.1) is 29.8 Å². The summed E-state index contributed by atoms with van der Waals surface area (Å²) in [5.74, 6) is -0.417. The number of nitrogens with zero attached hydrogens (tertiary/aromatic N) is 2. The maximum atomic E-state index is 13.4. The summed E-state index contributed by atoms with van der Waals surface area (Å²) < 4.78 is 47.3. The lowest BCUT2D eigenvalue weighted by atomic mass is 10.2. The summed E-state index contributed by atoms with van der Waals surface area (Å²) in [5.41, 5.74) is 1.55. The number of sulfonamides is 1. The molecule has 0 radical (unpaired) electrons. The van der Waals surface area contributed by atoms with Gasteiger partial charge in [0.25, 0.3) is 10.0 Å². The molecular weight excluding hydrogens is 467 g/mol. The van der Waals surface area contributed by atoms with Crippen LogP contribution in [-0.4, -0.2) is 39.6 Å². The Morgan fingerprint density at radius 3 is 2.53 bits per heavy atom. The number of anilines is 1. The number of rotatable bonds is 7. The van der Waals surface area contributed by atoms with Crippen molar-refractivity contribution < 1.29 is 17.5 Å². The molecule has 3 heterocycles. The Hall–Kier alpha value is -1.49. The van der Waals surface area contributed by atoms with Crippen LogP contribution in [0.2, 0.25) is 4.34 Å². The summed E-state index contributed by atoms with van der Waals surface area (Å²) in [6.45, 7) is 4.22. The molecule has 1 aromatic carbocycles. The fourth-order valence-corrected chi connectivity index (χ4v) is 7.21. The van der Waals surface area contributed by atoms with Crippen LogP contribution < -0.4 is 4.31 Å². The molecule has 1 saturated heterocycles. The third kappa shape index (κ3) is 5.04. The van der Waals surface area contributed by atoms with Crippen LogP contribution in [0.5, 0.6) is 0 Å². The number of thiophene rings is 2. The van der Waals surface area contributed by atoms with Crippen LogP contribution in [0.15, 0.2) is 52.1 Å². The summed E-state index contributed by atoms with van der Waals surface area (Å²) in [6.07, 6.45) is 0. The SMILES string of the molecule is O=S(=O)(c1ccc(Cl)s1)N(Cc1cc(CN2CCOCC2)cs1)c1ccc(F)cc1. The van der Waals surface area contributed by atoms with Crippen molar-refractivity contribution in [2.75, 3.05) is 30.6 Å². The van der Waals surface area contributed by atoms with Crippen LogP contribution >= 0.6 is 34.3 Å². The Labute approximate surface area is 188 Å². The van der Waals surface area contributed by atoms with Gasteiger partial charge in [-0.1, -0.05) is 11.6 Å². The minimum atomic E-state index is -3.84. The molecule has 0 atom stereocenters. The standard InChI is InChI=1S/C20H20ClFN2O3S3/c21-19-5-6-20(29-19)30(25,26)24(17-3-1-16(22)2-4-17)13-18-11-15(14-28-18)12-23-7-9-27-10-8-23/h1-6,11,14H,7-10,12-13H2. The molecule has 5 nitrogen and oxygen atoms in total. The zero-order valence-electron chi connectivity index (χ0n) is 16.0. The minimum absolute atomic E-state index is 0.155. The largest absolute Gasteiger partial charge is 0.379 e. The van der Waals surface area contributed by atoms with Crippen LogP contribution in [0.25, 0.3) is 0 Å². The van der Waals surface area contributed by atoms with E-state index in [2.05, 4.69) is 10.3 Å². The van der Waals surface area contributed by atoms with Gasteiger partial charge in [0.2, 0.25) is 0 Å². The van der Waals surface area contributed by atoms with E-state index in [9.17, 15) is 12.8 Å². The van der Waals surface area contributed by atoms with Crippen molar-refractivity contribution in [3.05, 3.63) is 68.4 Å². The number of hydrogen-bond acceptors (Lipinski definition) is 6. The number of ether oxygens (including phenoxy) is 1. The summed E-state index contributed by atoms with van der Waals surface area (Å²) >= 11 is 8.50. The van der Waals surface area contributed by atoms with Crippen molar-refractivity contribution in [2.45, 2.75) is 17.3 Å². The zero-order chi connectivity index (χ0) is 21.1. The highest BCUT2D eigenvalue weighted by Gasteiger charge is 2.27. The fourth-order valence-electron chi connectivity index (χ4n) is 3.22. The summed E-state index contributed by atoms with van der Waals surface area (Å²) in [5, 5.41) is 2.06. The second-order valence-corrected chi connectivity index (χ2v) is 11.7. The molecule has 0 unspecified atom stereocenters. The third-order valence-electron chi connectivity index (χ3n) is 4.72. The lowest BCUT2D eigenvalue weighted by Crippen LogP contribution is -2.35. The van der Waals surface area contributed by atoms with Gasteiger partial charge < -0.3 is 4.74 Å². The van der Waals surface area contributed by atoms with Crippen molar-refractivity contribution in [3.63, 3.8) is 0 Å². The number of hydrogen-bond donors (Lipinski definition) is 0. The lowest BCUT2D eigenvalue weighted by molar-refractivity contribution is 0.0342. The molecule has 2 aromatic heterocycles. The summed E-state index contributed by atoms with van der Waals surface area (Å²) in [7, 11) is -3.84. The fraction of sp³-hybridized carbons (Fsp3) is 0.300. The molecule has 160 valence electrons. The smallest absolute Gasteiger partial charge is 0.274 e.